The van der Waals surface area contributed by atoms with Gasteiger partial charge in [0.25, 0.3) is 5.91 Å². The van der Waals surface area contributed by atoms with E-state index in [2.05, 4.69) is 15.0 Å². The number of pyridine rings is 1. The number of hydrogen-bond donors (Lipinski definition) is 2. The predicted molar refractivity (Wildman–Crippen MR) is 109 cm³/mol. The molecule has 2 aromatic rings. The maximum absolute atomic E-state index is 12.6. The Kier molecular flexibility index (Phi) is 6.31. The zero-order valence-corrected chi connectivity index (χ0v) is 17.0. The molecule has 1 aliphatic rings. The number of rotatable bonds is 7. The first-order chi connectivity index (χ1) is 13.3. The second-order valence-corrected chi connectivity index (χ2v) is 8.94. The molecular weight excluding hydrogens is 376 g/mol. The van der Waals surface area contributed by atoms with Crippen molar-refractivity contribution >= 4 is 21.7 Å². The largest absolute Gasteiger partial charge is 0.363 e. The Balaban J connectivity index is 1.67. The fourth-order valence-electron chi connectivity index (χ4n) is 3.24. The minimum Gasteiger partial charge on any atom is -0.363 e. The predicted octanol–water partition coefficient (Wildman–Crippen LogP) is 2.30. The Morgan fingerprint density at radius 2 is 1.93 bits per heavy atom. The zero-order chi connectivity index (χ0) is 20.1. The molecular formula is C20H26N4O3S. The lowest BCUT2D eigenvalue weighted by Gasteiger charge is -2.14. The summed E-state index contributed by atoms with van der Waals surface area (Å²) < 4.78 is 27.9. The molecule has 0 atom stereocenters. The summed E-state index contributed by atoms with van der Waals surface area (Å²) >= 11 is 0. The summed E-state index contributed by atoms with van der Waals surface area (Å²) in [6.45, 7) is 0.333. The number of anilines is 1. The number of carbonyl (C=O) groups excluding carboxylic acids is 1. The van der Waals surface area contributed by atoms with Crippen molar-refractivity contribution in [3.05, 3.63) is 53.7 Å². The summed E-state index contributed by atoms with van der Waals surface area (Å²) in [6.07, 6.45) is 5.50. The van der Waals surface area contributed by atoms with Crippen molar-refractivity contribution < 1.29 is 13.2 Å². The number of benzene rings is 1. The number of sulfonamides is 1. The van der Waals surface area contributed by atoms with Crippen LogP contribution in [0.2, 0.25) is 0 Å². The topological polar surface area (TPSA) is 91.4 Å². The first kappa shape index (κ1) is 20.3. The molecule has 1 aliphatic carbocycles. The van der Waals surface area contributed by atoms with Crippen LogP contribution in [0.3, 0.4) is 0 Å². The molecule has 1 aromatic heterocycles. The fraction of sp³-hybridized carbons (Fsp3) is 0.400. The van der Waals surface area contributed by atoms with Crippen molar-refractivity contribution in [3.8, 4) is 0 Å². The van der Waals surface area contributed by atoms with E-state index < -0.39 is 10.0 Å². The van der Waals surface area contributed by atoms with Crippen LogP contribution in [0.1, 0.15) is 41.6 Å². The SMILES string of the molecule is CN(C)c1cc(CNC(=O)c2cccc(S(=O)(=O)NC3CCCC3)c2)ccn1. The number of nitrogens with zero attached hydrogens (tertiary/aromatic N) is 2. The lowest BCUT2D eigenvalue weighted by atomic mass is 10.2. The van der Waals surface area contributed by atoms with E-state index in [9.17, 15) is 13.2 Å². The molecule has 1 amide bonds. The van der Waals surface area contributed by atoms with Gasteiger partial charge in [-0.1, -0.05) is 18.9 Å². The van der Waals surface area contributed by atoms with Crippen molar-refractivity contribution in [2.24, 2.45) is 0 Å². The summed E-state index contributed by atoms with van der Waals surface area (Å²) in [4.78, 5) is 18.8. The van der Waals surface area contributed by atoms with Gasteiger partial charge in [0.15, 0.2) is 0 Å². The lowest BCUT2D eigenvalue weighted by Crippen LogP contribution is -2.32. The highest BCUT2D eigenvalue weighted by atomic mass is 32.2. The minimum absolute atomic E-state index is 0.0138. The van der Waals surface area contributed by atoms with Gasteiger partial charge in [0.1, 0.15) is 5.82 Å². The Labute approximate surface area is 166 Å². The maximum Gasteiger partial charge on any atom is 0.251 e. The van der Waals surface area contributed by atoms with E-state index in [0.717, 1.165) is 37.1 Å². The Morgan fingerprint density at radius 3 is 2.64 bits per heavy atom. The van der Waals surface area contributed by atoms with E-state index in [1.165, 1.54) is 12.1 Å². The monoisotopic (exact) mass is 402 g/mol. The van der Waals surface area contributed by atoms with Gasteiger partial charge >= 0.3 is 0 Å². The molecule has 0 unspecified atom stereocenters. The standard InChI is InChI=1S/C20H26N4O3S/c1-24(2)19-12-15(10-11-21-19)14-22-20(25)16-6-5-9-18(13-16)28(26,27)23-17-7-3-4-8-17/h5-6,9-13,17,23H,3-4,7-8,14H2,1-2H3,(H,22,25). The third-order valence-electron chi connectivity index (χ3n) is 4.80. The van der Waals surface area contributed by atoms with Crippen LogP contribution < -0.4 is 14.9 Å². The van der Waals surface area contributed by atoms with Gasteiger partial charge in [0.2, 0.25) is 10.0 Å². The molecule has 2 N–H and O–H groups in total. The Hall–Kier alpha value is -2.45. The number of carbonyl (C=O) groups is 1. The van der Waals surface area contributed by atoms with Gasteiger partial charge in [0, 0.05) is 38.4 Å². The summed E-state index contributed by atoms with van der Waals surface area (Å²) in [5, 5.41) is 2.83. The zero-order valence-electron chi connectivity index (χ0n) is 16.2. The second-order valence-electron chi connectivity index (χ2n) is 7.23. The van der Waals surface area contributed by atoms with Crippen LogP contribution in [0.5, 0.6) is 0 Å². The van der Waals surface area contributed by atoms with Gasteiger partial charge in [-0.25, -0.2) is 18.1 Å². The number of nitrogens with one attached hydrogen (secondary N) is 2. The van der Waals surface area contributed by atoms with Gasteiger partial charge in [-0.15, -0.1) is 0 Å². The molecule has 1 heterocycles. The first-order valence-electron chi connectivity index (χ1n) is 9.38. The molecule has 0 bridgehead atoms. The highest BCUT2D eigenvalue weighted by molar-refractivity contribution is 7.89. The fourth-order valence-corrected chi connectivity index (χ4v) is 4.59. The Morgan fingerprint density at radius 1 is 1.18 bits per heavy atom. The van der Waals surface area contributed by atoms with Crippen LogP contribution in [0.25, 0.3) is 0 Å². The van der Waals surface area contributed by atoms with E-state index >= 15 is 0 Å². The van der Waals surface area contributed by atoms with E-state index in [1.807, 2.05) is 31.1 Å². The third-order valence-corrected chi connectivity index (χ3v) is 6.32. The first-order valence-corrected chi connectivity index (χ1v) is 10.9. The molecule has 0 saturated heterocycles. The van der Waals surface area contributed by atoms with E-state index in [0.29, 0.717) is 12.1 Å². The van der Waals surface area contributed by atoms with E-state index in [1.54, 1.807) is 18.3 Å². The van der Waals surface area contributed by atoms with Crippen molar-refractivity contribution in [1.29, 1.82) is 0 Å². The lowest BCUT2D eigenvalue weighted by molar-refractivity contribution is 0.0950. The normalized spacial score (nSPS) is 14.8. The molecule has 1 aromatic carbocycles. The molecule has 28 heavy (non-hydrogen) atoms. The molecule has 7 nitrogen and oxygen atoms in total. The molecule has 0 spiro atoms. The highest BCUT2D eigenvalue weighted by Crippen LogP contribution is 2.21. The third kappa shape index (κ3) is 5.08. The van der Waals surface area contributed by atoms with Crippen molar-refractivity contribution in [3.63, 3.8) is 0 Å². The summed E-state index contributed by atoms with van der Waals surface area (Å²) in [5.41, 5.74) is 1.23. The number of aromatic nitrogens is 1. The molecule has 0 radical (unpaired) electrons. The molecule has 0 aliphatic heterocycles. The van der Waals surface area contributed by atoms with E-state index in [4.69, 9.17) is 0 Å². The van der Waals surface area contributed by atoms with Crippen molar-refractivity contribution in [2.45, 2.75) is 43.2 Å². The van der Waals surface area contributed by atoms with Crippen LogP contribution in [-0.4, -0.2) is 39.4 Å². The second kappa shape index (κ2) is 8.70. The van der Waals surface area contributed by atoms with Crippen molar-refractivity contribution in [1.82, 2.24) is 15.0 Å². The Bertz CT molecular complexity index is 938. The number of amides is 1. The van der Waals surface area contributed by atoms with Gasteiger partial charge in [-0.2, -0.15) is 0 Å². The molecule has 8 heteroatoms. The van der Waals surface area contributed by atoms with E-state index in [-0.39, 0.29) is 16.8 Å². The molecule has 1 fully saturated rings. The van der Waals surface area contributed by atoms with Crippen LogP contribution in [0, 0.1) is 0 Å². The molecule has 1 saturated carbocycles. The van der Waals surface area contributed by atoms with Gasteiger partial charge in [-0.05, 0) is 48.7 Å². The summed E-state index contributed by atoms with van der Waals surface area (Å²) in [5.74, 6) is 0.485. The minimum atomic E-state index is -3.63. The molecule has 150 valence electrons. The maximum atomic E-state index is 12.6. The van der Waals surface area contributed by atoms with Crippen LogP contribution >= 0.6 is 0 Å². The van der Waals surface area contributed by atoms with Crippen LogP contribution in [0.4, 0.5) is 5.82 Å². The smallest absolute Gasteiger partial charge is 0.251 e. The highest BCUT2D eigenvalue weighted by Gasteiger charge is 2.23. The number of hydrogen-bond acceptors (Lipinski definition) is 5. The summed E-state index contributed by atoms with van der Waals surface area (Å²) in [7, 11) is 0.172. The molecule has 3 rings (SSSR count). The van der Waals surface area contributed by atoms with Crippen molar-refractivity contribution in [2.75, 3.05) is 19.0 Å². The summed E-state index contributed by atoms with van der Waals surface area (Å²) in [6, 6.07) is 9.85. The van der Waals surface area contributed by atoms with Gasteiger partial charge < -0.3 is 10.2 Å². The van der Waals surface area contributed by atoms with Crippen LogP contribution in [-0.2, 0) is 16.6 Å². The quantitative estimate of drug-likeness (QED) is 0.742. The average molecular weight is 403 g/mol. The van der Waals surface area contributed by atoms with Gasteiger partial charge in [0.05, 0.1) is 4.90 Å². The van der Waals surface area contributed by atoms with Gasteiger partial charge in [-0.3, -0.25) is 4.79 Å². The van der Waals surface area contributed by atoms with Crippen LogP contribution in [0.15, 0.2) is 47.5 Å². The average Bonchev–Trinajstić information content (AvgIpc) is 3.18.